The Balaban J connectivity index is 2.32. The van der Waals surface area contributed by atoms with E-state index in [2.05, 4.69) is 0 Å². The highest BCUT2D eigenvalue weighted by atomic mass is 16.4. The molecule has 0 unspecified atom stereocenters. The number of fused-ring (bicyclic) bond motifs is 1. The zero-order chi connectivity index (χ0) is 13.1. The molecule has 1 heterocycles. The number of hydrogen-bond acceptors (Lipinski definition) is 3. The third-order valence-corrected chi connectivity index (χ3v) is 3.07. The van der Waals surface area contributed by atoms with Crippen LogP contribution in [0.3, 0.4) is 0 Å². The lowest BCUT2D eigenvalue weighted by Crippen LogP contribution is -2.36. The molecule has 0 aliphatic carbocycles. The molecule has 2 rings (SSSR count). The summed E-state index contributed by atoms with van der Waals surface area (Å²) < 4.78 is 0. The zero-order valence-electron chi connectivity index (χ0n) is 9.93. The largest absolute Gasteiger partial charge is 0.478 e. The first-order chi connectivity index (χ1) is 8.63. The normalized spacial score (nSPS) is 14.5. The zero-order valence-corrected chi connectivity index (χ0v) is 9.93. The maximum absolute atomic E-state index is 11.8. The van der Waals surface area contributed by atoms with Crippen LogP contribution in [0.2, 0.25) is 0 Å². The average molecular weight is 249 g/mol. The van der Waals surface area contributed by atoms with Crippen LogP contribution in [0, 0.1) is 0 Å². The molecule has 0 spiro atoms. The van der Waals surface area contributed by atoms with E-state index in [-0.39, 0.29) is 18.1 Å². The van der Waals surface area contributed by atoms with Gasteiger partial charge >= 0.3 is 5.97 Å². The number of amides is 1. The number of carboxylic acids is 1. The smallest absolute Gasteiger partial charge is 0.335 e. The van der Waals surface area contributed by atoms with Gasteiger partial charge in [-0.2, -0.15) is 0 Å². The number of anilines is 1. The molecular weight excluding hydrogens is 234 g/mol. The van der Waals surface area contributed by atoms with E-state index in [1.165, 1.54) is 6.07 Å². The maximum Gasteiger partial charge on any atom is 0.335 e. The van der Waals surface area contributed by atoms with Crippen LogP contribution in [0.25, 0.3) is 0 Å². The highest BCUT2D eigenvalue weighted by molar-refractivity contribution is 5.97. The van der Waals surface area contributed by atoms with Crippen molar-refractivity contribution in [3.63, 3.8) is 0 Å². The predicted octanol–water partition coefficient (Wildman–Crippen LogP) is 1.05. The van der Waals surface area contributed by atoms with Gasteiger partial charge in [-0.05, 0) is 36.6 Å². The number of aliphatic hydroxyl groups is 1. The molecule has 1 aromatic rings. The molecule has 0 atom stereocenters. The lowest BCUT2D eigenvalue weighted by atomic mass is 9.98. The molecule has 0 radical (unpaired) electrons. The first kappa shape index (κ1) is 12.6. The number of aromatic carboxylic acids is 1. The molecule has 1 amide bonds. The highest BCUT2D eigenvalue weighted by Crippen LogP contribution is 2.28. The first-order valence-electron chi connectivity index (χ1n) is 5.91. The summed E-state index contributed by atoms with van der Waals surface area (Å²) in [7, 11) is 0. The van der Waals surface area contributed by atoms with Gasteiger partial charge in [0.25, 0.3) is 0 Å². The van der Waals surface area contributed by atoms with Gasteiger partial charge in [0.1, 0.15) is 0 Å². The van der Waals surface area contributed by atoms with Gasteiger partial charge in [0.05, 0.1) is 5.56 Å². The number of aliphatic hydroxyl groups excluding tert-OH is 1. The molecule has 0 saturated carbocycles. The Hall–Kier alpha value is -1.88. The Bertz CT molecular complexity index is 484. The van der Waals surface area contributed by atoms with Crippen molar-refractivity contribution in [2.24, 2.45) is 0 Å². The number of carbonyl (C=O) groups excluding carboxylic acids is 1. The molecule has 1 aliphatic rings. The summed E-state index contributed by atoms with van der Waals surface area (Å²) in [4.78, 5) is 24.3. The van der Waals surface area contributed by atoms with Gasteiger partial charge in [-0.25, -0.2) is 4.79 Å². The molecule has 18 heavy (non-hydrogen) atoms. The number of rotatable bonds is 4. The third kappa shape index (κ3) is 2.36. The molecule has 0 bridgehead atoms. The van der Waals surface area contributed by atoms with Crippen LogP contribution in [-0.4, -0.2) is 35.2 Å². The summed E-state index contributed by atoms with van der Waals surface area (Å²) >= 11 is 0. The summed E-state index contributed by atoms with van der Waals surface area (Å²) in [6.45, 7) is 0.501. The van der Waals surface area contributed by atoms with Gasteiger partial charge in [-0.3, -0.25) is 4.79 Å². The van der Waals surface area contributed by atoms with Crippen LogP contribution in [0.4, 0.5) is 5.69 Å². The molecule has 2 N–H and O–H groups in total. The molecule has 5 heteroatoms. The van der Waals surface area contributed by atoms with Crippen molar-refractivity contribution in [3.8, 4) is 0 Å². The minimum absolute atomic E-state index is 0.0269. The SMILES string of the molecule is O=C(O)c1ccc2c(c1)CCC(=O)N2CCCO. The van der Waals surface area contributed by atoms with Crippen LogP contribution >= 0.6 is 0 Å². The van der Waals surface area contributed by atoms with Crippen LogP contribution < -0.4 is 4.90 Å². The van der Waals surface area contributed by atoms with E-state index >= 15 is 0 Å². The topological polar surface area (TPSA) is 77.8 Å². The number of carbonyl (C=O) groups is 2. The van der Waals surface area contributed by atoms with Gasteiger partial charge in [0, 0.05) is 25.3 Å². The van der Waals surface area contributed by atoms with E-state index in [0.29, 0.717) is 25.8 Å². The fourth-order valence-corrected chi connectivity index (χ4v) is 2.17. The van der Waals surface area contributed by atoms with Gasteiger partial charge in [-0.15, -0.1) is 0 Å². The van der Waals surface area contributed by atoms with E-state index in [9.17, 15) is 9.59 Å². The van der Waals surface area contributed by atoms with Crippen molar-refractivity contribution in [1.29, 1.82) is 0 Å². The number of carboxylic acid groups (broad SMARTS) is 1. The second-order valence-corrected chi connectivity index (χ2v) is 4.27. The maximum atomic E-state index is 11.8. The predicted molar refractivity (Wildman–Crippen MR) is 65.8 cm³/mol. The molecule has 1 aliphatic heterocycles. The van der Waals surface area contributed by atoms with E-state index in [1.807, 2.05) is 0 Å². The molecule has 0 saturated heterocycles. The van der Waals surface area contributed by atoms with Gasteiger partial charge < -0.3 is 15.1 Å². The lowest BCUT2D eigenvalue weighted by molar-refractivity contribution is -0.118. The summed E-state index contributed by atoms with van der Waals surface area (Å²) in [5.41, 5.74) is 1.89. The number of aryl methyl sites for hydroxylation is 1. The van der Waals surface area contributed by atoms with Crippen LogP contribution in [-0.2, 0) is 11.2 Å². The first-order valence-corrected chi connectivity index (χ1v) is 5.91. The molecule has 0 aromatic heterocycles. The Labute approximate surface area is 105 Å². The van der Waals surface area contributed by atoms with Crippen molar-refractivity contribution in [3.05, 3.63) is 29.3 Å². The van der Waals surface area contributed by atoms with Gasteiger partial charge in [-0.1, -0.05) is 0 Å². The third-order valence-electron chi connectivity index (χ3n) is 3.07. The Morgan fingerprint density at radius 1 is 1.33 bits per heavy atom. The Kier molecular flexibility index (Phi) is 3.62. The Morgan fingerprint density at radius 3 is 2.78 bits per heavy atom. The molecular formula is C13H15NO4. The molecule has 96 valence electrons. The van der Waals surface area contributed by atoms with E-state index in [0.717, 1.165) is 11.3 Å². The van der Waals surface area contributed by atoms with Crippen molar-refractivity contribution in [1.82, 2.24) is 0 Å². The second kappa shape index (κ2) is 5.18. The standard InChI is InChI=1S/C13H15NO4/c15-7-1-6-14-11-4-2-10(13(17)18)8-9(11)3-5-12(14)16/h2,4,8,15H,1,3,5-7H2,(H,17,18). The minimum Gasteiger partial charge on any atom is -0.478 e. The minimum atomic E-state index is -0.961. The fourth-order valence-electron chi connectivity index (χ4n) is 2.17. The van der Waals surface area contributed by atoms with Crippen molar-refractivity contribution < 1.29 is 19.8 Å². The van der Waals surface area contributed by atoms with Gasteiger partial charge in [0.15, 0.2) is 0 Å². The van der Waals surface area contributed by atoms with Crippen LogP contribution in [0.5, 0.6) is 0 Å². The van der Waals surface area contributed by atoms with E-state index in [1.54, 1.807) is 17.0 Å². The summed E-state index contributed by atoms with van der Waals surface area (Å²) in [6.07, 6.45) is 1.48. The molecule has 1 aromatic carbocycles. The summed E-state index contributed by atoms with van der Waals surface area (Å²) in [6, 6.07) is 4.80. The quantitative estimate of drug-likeness (QED) is 0.836. The van der Waals surface area contributed by atoms with Crippen molar-refractivity contribution in [2.75, 3.05) is 18.1 Å². The lowest BCUT2D eigenvalue weighted by Gasteiger charge is -2.29. The van der Waals surface area contributed by atoms with Crippen LogP contribution in [0.15, 0.2) is 18.2 Å². The monoisotopic (exact) mass is 249 g/mol. The second-order valence-electron chi connectivity index (χ2n) is 4.27. The summed E-state index contributed by atoms with van der Waals surface area (Å²) in [5.74, 6) is -0.935. The van der Waals surface area contributed by atoms with E-state index < -0.39 is 5.97 Å². The molecule has 0 fully saturated rings. The molecule has 5 nitrogen and oxygen atoms in total. The van der Waals surface area contributed by atoms with Crippen molar-refractivity contribution >= 4 is 17.6 Å². The van der Waals surface area contributed by atoms with Crippen LogP contribution in [0.1, 0.15) is 28.8 Å². The highest BCUT2D eigenvalue weighted by Gasteiger charge is 2.24. The van der Waals surface area contributed by atoms with Crippen molar-refractivity contribution in [2.45, 2.75) is 19.3 Å². The number of hydrogen-bond donors (Lipinski definition) is 2. The summed E-state index contributed by atoms with van der Waals surface area (Å²) in [5, 5.41) is 17.8. The Morgan fingerprint density at radius 2 is 2.11 bits per heavy atom. The fraction of sp³-hybridized carbons (Fsp3) is 0.385. The number of benzene rings is 1. The number of nitrogens with zero attached hydrogens (tertiary/aromatic N) is 1. The van der Waals surface area contributed by atoms with E-state index in [4.69, 9.17) is 10.2 Å². The van der Waals surface area contributed by atoms with Gasteiger partial charge in [0.2, 0.25) is 5.91 Å². The average Bonchev–Trinajstić information content (AvgIpc) is 2.37.